The van der Waals surface area contributed by atoms with Gasteiger partial charge in [0, 0.05) is 6.04 Å². The number of halogens is 2. The van der Waals surface area contributed by atoms with Crippen molar-refractivity contribution >= 4 is 17.3 Å². The molecular weight excluding hydrogens is 285 g/mol. The van der Waals surface area contributed by atoms with Crippen molar-refractivity contribution in [1.29, 1.82) is 0 Å². The summed E-state index contributed by atoms with van der Waals surface area (Å²) in [5.41, 5.74) is 1.98. The SMILES string of the molecule is CC(CC(C)(C)c1ccccc1)Nc1cc(F)ccc1Cl. The number of nitrogens with one attached hydrogen (secondary N) is 1. The molecule has 0 saturated heterocycles. The summed E-state index contributed by atoms with van der Waals surface area (Å²) in [6.45, 7) is 6.52. The van der Waals surface area contributed by atoms with Crippen LogP contribution in [-0.4, -0.2) is 6.04 Å². The number of anilines is 1. The third kappa shape index (κ3) is 4.21. The summed E-state index contributed by atoms with van der Waals surface area (Å²) < 4.78 is 13.3. The molecule has 1 atom stereocenters. The minimum absolute atomic E-state index is 0.0352. The Morgan fingerprint density at radius 1 is 1.14 bits per heavy atom. The average Bonchev–Trinajstić information content (AvgIpc) is 2.43. The maximum Gasteiger partial charge on any atom is 0.125 e. The van der Waals surface area contributed by atoms with Crippen molar-refractivity contribution in [2.24, 2.45) is 0 Å². The summed E-state index contributed by atoms with van der Waals surface area (Å²) in [6, 6.07) is 15.0. The molecule has 0 heterocycles. The fourth-order valence-corrected chi connectivity index (χ4v) is 2.87. The van der Waals surface area contributed by atoms with E-state index in [1.54, 1.807) is 6.07 Å². The van der Waals surface area contributed by atoms with Crippen molar-refractivity contribution in [2.45, 2.75) is 38.6 Å². The average molecular weight is 306 g/mol. The first-order valence-corrected chi connectivity index (χ1v) is 7.53. The van der Waals surface area contributed by atoms with E-state index in [1.165, 1.54) is 17.7 Å². The lowest BCUT2D eigenvalue weighted by atomic mass is 9.79. The number of benzene rings is 2. The number of hydrogen-bond donors (Lipinski definition) is 1. The highest BCUT2D eigenvalue weighted by atomic mass is 35.5. The largest absolute Gasteiger partial charge is 0.381 e. The first-order chi connectivity index (χ1) is 9.88. The number of hydrogen-bond acceptors (Lipinski definition) is 1. The lowest BCUT2D eigenvalue weighted by molar-refractivity contribution is 0.450. The summed E-state index contributed by atoms with van der Waals surface area (Å²) in [6.07, 6.45) is 0.920. The molecule has 0 aliphatic heterocycles. The molecule has 0 saturated carbocycles. The fraction of sp³-hybridized carbons (Fsp3) is 0.333. The third-order valence-electron chi connectivity index (χ3n) is 3.70. The van der Waals surface area contributed by atoms with E-state index < -0.39 is 0 Å². The monoisotopic (exact) mass is 305 g/mol. The summed E-state index contributed by atoms with van der Waals surface area (Å²) in [4.78, 5) is 0. The molecule has 1 N–H and O–H groups in total. The predicted molar refractivity (Wildman–Crippen MR) is 88.6 cm³/mol. The Hall–Kier alpha value is -1.54. The van der Waals surface area contributed by atoms with Crippen LogP contribution in [0.15, 0.2) is 48.5 Å². The van der Waals surface area contributed by atoms with E-state index in [1.807, 2.05) is 6.07 Å². The molecule has 0 aliphatic rings. The van der Waals surface area contributed by atoms with Gasteiger partial charge in [-0.15, -0.1) is 0 Å². The van der Waals surface area contributed by atoms with Crippen LogP contribution in [0.5, 0.6) is 0 Å². The van der Waals surface area contributed by atoms with E-state index in [4.69, 9.17) is 11.6 Å². The van der Waals surface area contributed by atoms with Crippen molar-refractivity contribution in [3.05, 3.63) is 64.9 Å². The Morgan fingerprint density at radius 2 is 1.81 bits per heavy atom. The first kappa shape index (κ1) is 15.8. The van der Waals surface area contributed by atoms with E-state index in [2.05, 4.69) is 50.4 Å². The zero-order chi connectivity index (χ0) is 15.5. The van der Waals surface area contributed by atoms with Crippen molar-refractivity contribution in [2.75, 3.05) is 5.32 Å². The topological polar surface area (TPSA) is 12.0 Å². The van der Waals surface area contributed by atoms with Crippen LogP contribution < -0.4 is 5.32 Å². The predicted octanol–water partition coefficient (Wildman–Crippen LogP) is 5.65. The minimum atomic E-state index is -0.281. The van der Waals surface area contributed by atoms with Gasteiger partial charge in [-0.1, -0.05) is 55.8 Å². The van der Waals surface area contributed by atoms with Crippen LogP contribution in [0.3, 0.4) is 0 Å². The van der Waals surface area contributed by atoms with Gasteiger partial charge in [-0.05, 0) is 42.5 Å². The number of rotatable bonds is 5. The lowest BCUT2D eigenvalue weighted by Crippen LogP contribution is -2.27. The molecule has 0 amide bonds. The standard InChI is InChI=1S/C18H21ClFN/c1-13(21-17-11-15(20)9-10-16(17)19)12-18(2,3)14-7-5-4-6-8-14/h4-11,13,21H,12H2,1-3H3. The highest BCUT2D eigenvalue weighted by molar-refractivity contribution is 6.33. The van der Waals surface area contributed by atoms with Gasteiger partial charge >= 0.3 is 0 Å². The maximum absolute atomic E-state index is 13.3. The van der Waals surface area contributed by atoms with Gasteiger partial charge in [0.25, 0.3) is 0 Å². The second-order valence-electron chi connectivity index (χ2n) is 6.12. The Morgan fingerprint density at radius 3 is 2.48 bits per heavy atom. The first-order valence-electron chi connectivity index (χ1n) is 7.15. The Kier molecular flexibility index (Phi) is 4.89. The molecule has 0 aromatic heterocycles. The molecule has 3 heteroatoms. The molecule has 2 rings (SSSR count). The summed E-state index contributed by atoms with van der Waals surface area (Å²) in [5.74, 6) is -0.281. The molecule has 1 unspecified atom stereocenters. The summed E-state index contributed by atoms with van der Waals surface area (Å²) in [7, 11) is 0. The zero-order valence-corrected chi connectivity index (χ0v) is 13.4. The highest BCUT2D eigenvalue weighted by Crippen LogP contribution is 2.30. The van der Waals surface area contributed by atoms with E-state index in [0.29, 0.717) is 10.7 Å². The third-order valence-corrected chi connectivity index (χ3v) is 4.03. The molecule has 21 heavy (non-hydrogen) atoms. The Labute approximate surface area is 131 Å². The van der Waals surface area contributed by atoms with E-state index in [0.717, 1.165) is 6.42 Å². The van der Waals surface area contributed by atoms with Gasteiger partial charge in [-0.3, -0.25) is 0 Å². The molecule has 2 aromatic carbocycles. The van der Waals surface area contributed by atoms with Crippen LogP contribution >= 0.6 is 11.6 Å². The van der Waals surface area contributed by atoms with Crippen LogP contribution in [0.2, 0.25) is 5.02 Å². The molecule has 0 bridgehead atoms. The molecule has 0 spiro atoms. The van der Waals surface area contributed by atoms with Gasteiger partial charge in [0.05, 0.1) is 10.7 Å². The van der Waals surface area contributed by atoms with Crippen LogP contribution in [0.1, 0.15) is 32.8 Å². The summed E-state index contributed by atoms with van der Waals surface area (Å²) in [5, 5.41) is 3.85. The second-order valence-corrected chi connectivity index (χ2v) is 6.53. The van der Waals surface area contributed by atoms with Crippen molar-refractivity contribution in [3.8, 4) is 0 Å². The smallest absolute Gasteiger partial charge is 0.125 e. The fourth-order valence-electron chi connectivity index (χ4n) is 2.70. The van der Waals surface area contributed by atoms with Crippen LogP contribution in [0.4, 0.5) is 10.1 Å². The van der Waals surface area contributed by atoms with Crippen molar-refractivity contribution in [3.63, 3.8) is 0 Å². The van der Waals surface area contributed by atoms with Gasteiger partial charge in [0.1, 0.15) is 5.82 Å². The van der Waals surface area contributed by atoms with Gasteiger partial charge in [0.15, 0.2) is 0 Å². The lowest BCUT2D eigenvalue weighted by Gasteiger charge is -2.29. The Bertz CT molecular complexity index is 595. The van der Waals surface area contributed by atoms with Crippen LogP contribution in [0.25, 0.3) is 0 Å². The molecule has 1 nitrogen and oxygen atoms in total. The van der Waals surface area contributed by atoms with Crippen LogP contribution in [-0.2, 0) is 5.41 Å². The highest BCUT2D eigenvalue weighted by Gasteiger charge is 2.23. The van der Waals surface area contributed by atoms with Crippen molar-refractivity contribution < 1.29 is 4.39 Å². The normalized spacial score (nSPS) is 13.0. The van der Waals surface area contributed by atoms with Gasteiger partial charge in [-0.25, -0.2) is 4.39 Å². The molecular formula is C18H21ClFN. The quantitative estimate of drug-likeness (QED) is 0.753. The maximum atomic E-state index is 13.3. The molecule has 112 valence electrons. The molecule has 0 radical (unpaired) electrons. The van der Waals surface area contributed by atoms with Gasteiger partial charge in [-0.2, -0.15) is 0 Å². The second kappa shape index (κ2) is 6.48. The van der Waals surface area contributed by atoms with Gasteiger partial charge < -0.3 is 5.32 Å². The van der Waals surface area contributed by atoms with Crippen molar-refractivity contribution in [1.82, 2.24) is 0 Å². The molecule has 2 aromatic rings. The molecule has 0 aliphatic carbocycles. The summed E-state index contributed by atoms with van der Waals surface area (Å²) >= 11 is 6.10. The van der Waals surface area contributed by atoms with E-state index >= 15 is 0 Å². The van der Waals surface area contributed by atoms with Gasteiger partial charge in [0.2, 0.25) is 0 Å². The van der Waals surface area contributed by atoms with E-state index in [-0.39, 0.29) is 17.3 Å². The zero-order valence-electron chi connectivity index (χ0n) is 12.7. The van der Waals surface area contributed by atoms with Crippen LogP contribution in [0, 0.1) is 5.82 Å². The van der Waals surface area contributed by atoms with E-state index in [9.17, 15) is 4.39 Å². The Balaban J connectivity index is 2.07. The molecule has 0 fully saturated rings. The minimum Gasteiger partial charge on any atom is -0.381 e.